The molecule has 0 saturated carbocycles. The first-order chi connectivity index (χ1) is 10.2. The number of fused-ring (bicyclic) bond motifs is 1. The van der Waals surface area contributed by atoms with Crippen LogP contribution in [0.4, 0.5) is 0 Å². The molecule has 2 atom stereocenters. The Balaban J connectivity index is 2.38. The lowest BCUT2D eigenvalue weighted by atomic mass is 9.81. The highest BCUT2D eigenvalue weighted by atomic mass is 127. The van der Waals surface area contributed by atoms with E-state index in [9.17, 15) is 0 Å². The van der Waals surface area contributed by atoms with Crippen LogP contribution in [0, 0.1) is 5.92 Å². The van der Waals surface area contributed by atoms with Crippen LogP contribution < -0.4 is 0 Å². The first-order valence-corrected chi connectivity index (χ1v) is 11.7. The van der Waals surface area contributed by atoms with Crippen molar-refractivity contribution in [3.8, 4) is 0 Å². The van der Waals surface area contributed by atoms with Crippen molar-refractivity contribution in [2.24, 2.45) is 5.92 Å². The molecular weight excluding hydrogens is 401 g/mol. The maximum atomic E-state index is 2.61. The van der Waals surface area contributed by atoms with Gasteiger partial charge in [-0.25, -0.2) is 4.31 Å². The molecular formula is C19H30INS. The number of hydrogen-bond acceptors (Lipinski definition) is 2. The molecule has 2 rings (SSSR count). The molecule has 3 heteroatoms. The normalized spacial score (nSPS) is 23.5. The minimum atomic E-state index is 0.236. The SMILES string of the molecule is CC(C)C[C@@H]1C(C)c2ccc(C(C)(C)C)cc2CCN1SI. The summed E-state index contributed by atoms with van der Waals surface area (Å²) in [4.78, 5) is 0. The van der Waals surface area contributed by atoms with Crippen molar-refractivity contribution >= 4 is 30.3 Å². The highest BCUT2D eigenvalue weighted by molar-refractivity contribution is 14.2. The molecule has 1 aliphatic heterocycles. The van der Waals surface area contributed by atoms with E-state index in [0.29, 0.717) is 12.0 Å². The predicted molar refractivity (Wildman–Crippen MR) is 109 cm³/mol. The fourth-order valence-electron chi connectivity index (χ4n) is 3.48. The molecule has 1 aromatic rings. The summed E-state index contributed by atoms with van der Waals surface area (Å²) in [5, 5.41) is 0. The molecule has 0 aliphatic carbocycles. The maximum Gasteiger partial charge on any atom is 0.0278 e. The zero-order valence-corrected chi connectivity index (χ0v) is 17.8. The number of rotatable bonds is 3. The van der Waals surface area contributed by atoms with Crippen molar-refractivity contribution < 1.29 is 0 Å². The third kappa shape index (κ3) is 4.21. The Bertz CT molecular complexity index is 507. The van der Waals surface area contributed by atoms with Gasteiger partial charge in [-0.3, -0.25) is 0 Å². The number of halogens is 1. The third-order valence-electron chi connectivity index (χ3n) is 4.85. The summed E-state index contributed by atoms with van der Waals surface area (Å²) in [6.45, 7) is 15.2. The molecule has 0 fully saturated rings. The minimum absolute atomic E-state index is 0.236. The maximum absolute atomic E-state index is 2.61. The van der Waals surface area contributed by atoms with Gasteiger partial charge in [-0.15, -0.1) is 0 Å². The molecule has 1 unspecified atom stereocenters. The lowest BCUT2D eigenvalue weighted by molar-refractivity contribution is 0.283. The summed E-state index contributed by atoms with van der Waals surface area (Å²) in [5.41, 5.74) is 4.85. The van der Waals surface area contributed by atoms with Gasteiger partial charge in [-0.05, 0) is 55.9 Å². The van der Waals surface area contributed by atoms with Crippen molar-refractivity contribution in [1.29, 1.82) is 0 Å². The summed E-state index contributed by atoms with van der Waals surface area (Å²) in [7, 11) is 1.90. The molecule has 1 aliphatic rings. The summed E-state index contributed by atoms with van der Waals surface area (Å²) in [6.07, 6.45) is 2.45. The molecule has 0 bridgehead atoms. The second-order valence-electron chi connectivity index (χ2n) is 8.11. The second kappa shape index (κ2) is 7.43. The molecule has 124 valence electrons. The Morgan fingerprint density at radius 2 is 2.00 bits per heavy atom. The fraction of sp³-hybridized carbons (Fsp3) is 0.684. The summed E-state index contributed by atoms with van der Waals surface area (Å²) < 4.78 is 2.61. The van der Waals surface area contributed by atoms with Gasteiger partial charge in [0.2, 0.25) is 0 Å². The first-order valence-electron chi connectivity index (χ1n) is 8.42. The highest BCUT2D eigenvalue weighted by Crippen LogP contribution is 2.39. The van der Waals surface area contributed by atoms with Gasteiger partial charge in [0, 0.05) is 33.8 Å². The topological polar surface area (TPSA) is 3.24 Å². The zero-order valence-electron chi connectivity index (χ0n) is 14.8. The van der Waals surface area contributed by atoms with E-state index in [-0.39, 0.29) is 5.41 Å². The molecule has 1 aromatic carbocycles. The van der Waals surface area contributed by atoms with E-state index < -0.39 is 0 Å². The van der Waals surface area contributed by atoms with Crippen molar-refractivity contribution in [2.75, 3.05) is 6.54 Å². The van der Waals surface area contributed by atoms with Crippen LogP contribution in [0.1, 0.15) is 70.6 Å². The van der Waals surface area contributed by atoms with Gasteiger partial charge in [0.1, 0.15) is 0 Å². The fourth-order valence-corrected chi connectivity index (χ4v) is 5.47. The number of hydrogen-bond donors (Lipinski definition) is 0. The van der Waals surface area contributed by atoms with Crippen LogP contribution in [-0.4, -0.2) is 16.9 Å². The number of nitrogens with zero attached hydrogens (tertiary/aromatic N) is 1. The van der Waals surface area contributed by atoms with Crippen molar-refractivity contribution in [1.82, 2.24) is 4.31 Å². The van der Waals surface area contributed by atoms with Crippen LogP contribution in [0.3, 0.4) is 0 Å². The van der Waals surface area contributed by atoms with Crippen LogP contribution >= 0.6 is 30.3 Å². The Hall–Kier alpha value is 0.260. The van der Waals surface area contributed by atoms with Gasteiger partial charge in [0.15, 0.2) is 0 Å². The van der Waals surface area contributed by atoms with Gasteiger partial charge in [-0.2, -0.15) is 0 Å². The molecule has 22 heavy (non-hydrogen) atoms. The van der Waals surface area contributed by atoms with Crippen molar-refractivity contribution in [3.63, 3.8) is 0 Å². The number of benzene rings is 1. The zero-order chi connectivity index (χ0) is 16.5. The Morgan fingerprint density at radius 3 is 2.55 bits per heavy atom. The molecule has 0 radical (unpaired) electrons. The van der Waals surface area contributed by atoms with E-state index in [1.54, 1.807) is 11.1 Å². The molecule has 1 heterocycles. The molecule has 1 nitrogen and oxygen atoms in total. The van der Waals surface area contributed by atoms with Crippen molar-refractivity contribution in [2.45, 2.75) is 71.8 Å². The lowest BCUT2D eigenvalue weighted by Crippen LogP contribution is -2.33. The van der Waals surface area contributed by atoms with Gasteiger partial charge in [0.25, 0.3) is 0 Å². The third-order valence-corrected chi connectivity index (χ3v) is 7.00. The Morgan fingerprint density at radius 1 is 1.32 bits per heavy atom. The van der Waals surface area contributed by atoms with Gasteiger partial charge < -0.3 is 0 Å². The van der Waals surface area contributed by atoms with Gasteiger partial charge in [-0.1, -0.05) is 59.7 Å². The minimum Gasteiger partial charge on any atom is -0.238 e. The quantitative estimate of drug-likeness (QED) is 0.405. The summed E-state index contributed by atoms with van der Waals surface area (Å²) >= 11 is 2.46. The molecule has 0 amide bonds. The average molecular weight is 431 g/mol. The standard InChI is InChI=1S/C19H30INS/c1-13(2)11-18-14(3)17-8-7-16(19(4,5)6)12-15(17)9-10-21(18)22-20/h7-8,12-14,18H,9-11H2,1-6H3/t14?,18-/m1/s1. The van der Waals surface area contributed by atoms with E-state index in [1.165, 1.54) is 18.4 Å². The van der Waals surface area contributed by atoms with Crippen LogP contribution in [0.15, 0.2) is 18.2 Å². The molecule has 0 aromatic heterocycles. The monoisotopic (exact) mass is 431 g/mol. The smallest absolute Gasteiger partial charge is 0.0278 e. The highest BCUT2D eigenvalue weighted by Gasteiger charge is 2.31. The lowest BCUT2D eigenvalue weighted by Gasteiger charge is -2.32. The summed E-state index contributed by atoms with van der Waals surface area (Å²) in [5.74, 6) is 1.35. The molecule has 0 N–H and O–H groups in total. The summed E-state index contributed by atoms with van der Waals surface area (Å²) in [6, 6.07) is 7.88. The Kier molecular flexibility index (Phi) is 6.28. The van der Waals surface area contributed by atoms with Crippen molar-refractivity contribution in [3.05, 3.63) is 34.9 Å². The largest absolute Gasteiger partial charge is 0.238 e. The average Bonchev–Trinajstić information content (AvgIpc) is 2.56. The Labute approximate surface area is 153 Å². The van der Waals surface area contributed by atoms with Crippen LogP contribution in [0.2, 0.25) is 0 Å². The molecule has 0 spiro atoms. The first kappa shape index (κ1) is 18.6. The van der Waals surface area contributed by atoms with E-state index in [4.69, 9.17) is 0 Å². The van der Waals surface area contributed by atoms with Gasteiger partial charge in [0.05, 0.1) is 0 Å². The van der Waals surface area contributed by atoms with Crippen LogP contribution in [0.25, 0.3) is 0 Å². The van der Waals surface area contributed by atoms with E-state index in [0.717, 1.165) is 12.5 Å². The van der Waals surface area contributed by atoms with E-state index in [1.807, 2.05) is 9.12 Å². The molecule has 0 saturated heterocycles. The van der Waals surface area contributed by atoms with Gasteiger partial charge >= 0.3 is 0 Å². The van der Waals surface area contributed by atoms with Crippen LogP contribution in [-0.2, 0) is 11.8 Å². The second-order valence-corrected chi connectivity index (χ2v) is 9.90. The van der Waals surface area contributed by atoms with E-state index >= 15 is 0 Å². The predicted octanol–water partition coefficient (Wildman–Crippen LogP) is 6.36. The van der Waals surface area contributed by atoms with Crippen LogP contribution in [0.5, 0.6) is 0 Å². The van der Waals surface area contributed by atoms with E-state index in [2.05, 4.69) is 85.3 Å².